The van der Waals surface area contributed by atoms with Gasteiger partial charge in [0.25, 0.3) is 0 Å². The maximum absolute atomic E-state index is 9.65. The Balaban J connectivity index is 1.37. The van der Waals surface area contributed by atoms with Crippen LogP contribution < -0.4 is 9.47 Å². The Kier molecular flexibility index (Phi) is 8.62. The molecule has 38 heavy (non-hydrogen) atoms. The van der Waals surface area contributed by atoms with Crippen LogP contribution in [0, 0.1) is 0 Å². The Hall–Kier alpha value is -3.76. The summed E-state index contributed by atoms with van der Waals surface area (Å²) in [4.78, 5) is 2.55. The second kappa shape index (κ2) is 12.7. The van der Waals surface area contributed by atoms with Crippen molar-refractivity contribution in [2.45, 2.75) is 44.2 Å². The van der Waals surface area contributed by atoms with Gasteiger partial charge in [-0.2, -0.15) is 0 Å². The number of ether oxygens (including phenoxy) is 2. The summed E-state index contributed by atoms with van der Waals surface area (Å²) in [6.07, 6.45) is 10.6. The Morgan fingerprint density at radius 2 is 1.74 bits per heavy atom. The quantitative estimate of drug-likeness (QED) is 0.260. The Bertz CT molecular complexity index is 1270. The molecule has 2 aliphatic rings. The van der Waals surface area contributed by atoms with Gasteiger partial charge in [0.2, 0.25) is 0 Å². The van der Waals surface area contributed by atoms with E-state index in [4.69, 9.17) is 9.47 Å². The second-order valence-corrected chi connectivity index (χ2v) is 10.3. The number of aliphatic hydroxyl groups excluding tert-OH is 1. The molecule has 3 aromatic rings. The van der Waals surface area contributed by atoms with Crippen molar-refractivity contribution < 1.29 is 14.6 Å². The number of allylic oxidation sites excluding steroid dienone is 3. The highest BCUT2D eigenvalue weighted by molar-refractivity contribution is 5.45. The molecule has 0 bridgehead atoms. The van der Waals surface area contributed by atoms with Crippen LogP contribution in [0.15, 0.2) is 115 Å². The van der Waals surface area contributed by atoms with E-state index in [2.05, 4.69) is 96.4 Å². The predicted octanol–water partition coefficient (Wildman–Crippen LogP) is 7.39. The van der Waals surface area contributed by atoms with Gasteiger partial charge in [0.1, 0.15) is 18.1 Å². The van der Waals surface area contributed by atoms with Crippen LogP contribution in [-0.2, 0) is 13.0 Å². The van der Waals surface area contributed by atoms with E-state index in [0.717, 1.165) is 49.4 Å². The molecule has 0 aromatic heterocycles. The molecule has 1 N–H and O–H groups in total. The maximum Gasteiger partial charge on any atom is 0.126 e. The topological polar surface area (TPSA) is 41.9 Å². The van der Waals surface area contributed by atoms with Crippen molar-refractivity contribution in [2.75, 3.05) is 19.8 Å². The lowest BCUT2D eigenvalue weighted by Crippen LogP contribution is -2.41. The molecule has 3 aromatic carbocycles. The summed E-state index contributed by atoms with van der Waals surface area (Å²) >= 11 is 0. The lowest BCUT2D eigenvalue weighted by Gasteiger charge is -2.33. The SMILES string of the molecule is C=C(O)CC1COc2cc(OCC(Cc3ccccc3)N(CC3=CCCC=C3)Cc3ccccc3)ccc21. The van der Waals surface area contributed by atoms with Crippen molar-refractivity contribution in [3.05, 3.63) is 132 Å². The smallest absolute Gasteiger partial charge is 0.126 e. The van der Waals surface area contributed by atoms with Crippen molar-refractivity contribution in [1.29, 1.82) is 0 Å². The Morgan fingerprint density at radius 3 is 2.45 bits per heavy atom. The van der Waals surface area contributed by atoms with E-state index in [9.17, 15) is 5.11 Å². The molecule has 0 amide bonds. The van der Waals surface area contributed by atoms with Gasteiger partial charge in [-0.3, -0.25) is 4.90 Å². The van der Waals surface area contributed by atoms with Gasteiger partial charge in [-0.15, -0.1) is 0 Å². The number of fused-ring (bicyclic) bond motifs is 1. The highest BCUT2D eigenvalue weighted by atomic mass is 16.5. The van der Waals surface area contributed by atoms with Crippen LogP contribution >= 0.6 is 0 Å². The summed E-state index contributed by atoms with van der Waals surface area (Å²) < 4.78 is 12.4. The van der Waals surface area contributed by atoms with Crippen LogP contribution in [0.5, 0.6) is 11.5 Å². The van der Waals surface area contributed by atoms with Gasteiger partial charge in [-0.25, -0.2) is 0 Å². The minimum atomic E-state index is 0.139. The Labute approximate surface area is 226 Å². The molecule has 1 heterocycles. The fraction of sp³-hybridized carbons (Fsp3) is 0.294. The van der Waals surface area contributed by atoms with Crippen LogP contribution in [-0.4, -0.2) is 35.8 Å². The maximum atomic E-state index is 9.65. The standard InChI is InChI=1S/C34H37NO3/c1-26(36)19-30-24-38-34-21-32(17-18-33(30)34)37-25-31(20-27-11-5-2-6-12-27)35(22-28-13-7-3-8-14-28)23-29-15-9-4-10-16-29/h2-3,5-9,11-18,21,30-31,36H,1,4,10,19-20,22-25H2. The van der Waals surface area contributed by atoms with E-state index < -0.39 is 0 Å². The number of nitrogens with zero attached hydrogens (tertiary/aromatic N) is 1. The Morgan fingerprint density at radius 1 is 0.974 bits per heavy atom. The average molecular weight is 508 g/mol. The molecule has 4 nitrogen and oxygen atoms in total. The van der Waals surface area contributed by atoms with Gasteiger partial charge in [-0.05, 0) is 42.0 Å². The number of aliphatic hydroxyl groups is 1. The number of benzene rings is 3. The fourth-order valence-electron chi connectivity index (χ4n) is 5.32. The van der Waals surface area contributed by atoms with Gasteiger partial charge in [0.15, 0.2) is 0 Å². The lowest BCUT2D eigenvalue weighted by molar-refractivity contribution is 0.137. The van der Waals surface area contributed by atoms with Crippen molar-refractivity contribution in [2.24, 2.45) is 0 Å². The first kappa shape index (κ1) is 25.9. The fourth-order valence-corrected chi connectivity index (χ4v) is 5.32. The highest BCUT2D eigenvalue weighted by Gasteiger charge is 2.26. The zero-order valence-corrected chi connectivity index (χ0v) is 22.0. The first-order valence-electron chi connectivity index (χ1n) is 13.6. The van der Waals surface area contributed by atoms with Crippen LogP contribution in [0.25, 0.3) is 0 Å². The van der Waals surface area contributed by atoms with Gasteiger partial charge < -0.3 is 14.6 Å². The van der Waals surface area contributed by atoms with Crippen LogP contribution in [0.2, 0.25) is 0 Å². The third kappa shape index (κ3) is 6.96. The van der Waals surface area contributed by atoms with E-state index in [0.29, 0.717) is 19.6 Å². The summed E-state index contributed by atoms with van der Waals surface area (Å²) in [7, 11) is 0. The predicted molar refractivity (Wildman–Crippen MR) is 154 cm³/mol. The molecule has 4 heteroatoms. The number of hydrogen-bond acceptors (Lipinski definition) is 4. The van der Waals surface area contributed by atoms with E-state index in [1.165, 1.54) is 16.7 Å². The van der Waals surface area contributed by atoms with Gasteiger partial charge in [-0.1, -0.05) is 91.5 Å². The van der Waals surface area contributed by atoms with Crippen LogP contribution in [0.4, 0.5) is 0 Å². The summed E-state index contributed by atoms with van der Waals surface area (Å²) in [5.74, 6) is 1.98. The molecule has 1 aliphatic heterocycles. The van der Waals surface area contributed by atoms with E-state index in [1.54, 1.807) is 0 Å². The summed E-state index contributed by atoms with van der Waals surface area (Å²) in [6, 6.07) is 27.6. The zero-order chi connectivity index (χ0) is 26.2. The van der Waals surface area contributed by atoms with Crippen molar-refractivity contribution in [1.82, 2.24) is 4.90 Å². The third-order valence-electron chi connectivity index (χ3n) is 7.31. The second-order valence-electron chi connectivity index (χ2n) is 10.3. The van der Waals surface area contributed by atoms with Gasteiger partial charge in [0.05, 0.1) is 12.4 Å². The summed E-state index contributed by atoms with van der Waals surface area (Å²) in [6.45, 7) is 6.50. The normalized spacial score (nSPS) is 17.0. The van der Waals surface area contributed by atoms with Crippen molar-refractivity contribution in [3.8, 4) is 11.5 Å². The molecular formula is C34H37NO3. The van der Waals surface area contributed by atoms with E-state index in [-0.39, 0.29) is 17.7 Å². The molecule has 0 radical (unpaired) electrons. The summed E-state index contributed by atoms with van der Waals surface area (Å²) in [5.41, 5.74) is 5.08. The molecule has 0 saturated carbocycles. The molecule has 196 valence electrons. The van der Waals surface area contributed by atoms with E-state index in [1.807, 2.05) is 12.1 Å². The van der Waals surface area contributed by atoms with Crippen molar-refractivity contribution in [3.63, 3.8) is 0 Å². The summed E-state index contributed by atoms with van der Waals surface area (Å²) in [5, 5.41) is 9.65. The van der Waals surface area contributed by atoms with Crippen molar-refractivity contribution >= 4 is 0 Å². The molecular weight excluding hydrogens is 470 g/mol. The van der Waals surface area contributed by atoms with Crippen LogP contribution in [0.1, 0.15) is 41.9 Å². The zero-order valence-electron chi connectivity index (χ0n) is 22.0. The third-order valence-corrected chi connectivity index (χ3v) is 7.31. The number of rotatable bonds is 12. The largest absolute Gasteiger partial charge is 0.513 e. The molecule has 0 fully saturated rings. The van der Waals surface area contributed by atoms with Crippen LogP contribution in [0.3, 0.4) is 0 Å². The average Bonchev–Trinajstić information content (AvgIpc) is 3.33. The monoisotopic (exact) mass is 507 g/mol. The first-order chi connectivity index (χ1) is 18.6. The molecule has 2 atom stereocenters. The molecule has 0 saturated heterocycles. The molecule has 5 rings (SSSR count). The molecule has 1 aliphatic carbocycles. The van der Waals surface area contributed by atoms with Gasteiger partial charge >= 0.3 is 0 Å². The van der Waals surface area contributed by atoms with Gasteiger partial charge in [0, 0.05) is 43.1 Å². The first-order valence-corrected chi connectivity index (χ1v) is 13.6. The minimum Gasteiger partial charge on any atom is -0.513 e. The lowest BCUT2D eigenvalue weighted by atomic mass is 9.97. The molecule has 2 unspecified atom stereocenters. The van der Waals surface area contributed by atoms with E-state index >= 15 is 0 Å². The minimum absolute atomic E-state index is 0.139. The molecule has 0 spiro atoms. The number of hydrogen-bond donors (Lipinski definition) is 1. The highest BCUT2D eigenvalue weighted by Crippen LogP contribution is 2.39.